The van der Waals surface area contributed by atoms with Gasteiger partial charge in [0.1, 0.15) is 5.69 Å². The maximum Gasteiger partial charge on any atom is 0.294 e. The summed E-state index contributed by atoms with van der Waals surface area (Å²) in [6.07, 6.45) is 9.61. The van der Waals surface area contributed by atoms with Crippen LogP contribution in [-0.2, 0) is 6.54 Å². The number of rotatable bonds is 6. The quantitative estimate of drug-likeness (QED) is 0.399. The van der Waals surface area contributed by atoms with Crippen LogP contribution in [0, 0.1) is 10.1 Å². The number of carbonyl (C=O) groups excluding carboxylic acids is 1. The van der Waals surface area contributed by atoms with Crippen molar-refractivity contribution in [3.63, 3.8) is 0 Å². The van der Waals surface area contributed by atoms with Gasteiger partial charge in [-0.2, -0.15) is 5.10 Å². The summed E-state index contributed by atoms with van der Waals surface area (Å²) in [5.74, 6) is 0.166. The van der Waals surface area contributed by atoms with Crippen molar-refractivity contribution < 1.29 is 9.72 Å². The highest BCUT2D eigenvalue weighted by atomic mass is 16.6. The standard InChI is InChI=1S/C19H15N7O3/c27-19(22-12-15-3-1-6-21-18(15)25-9-2-7-23-25)14-4-5-16(17(11-14)26(28)29)24-10-8-20-13-24/h1-11,13H,12H2,(H,22,27). The third kappa shape index (κ3) is 3.72. The smallest absolute Gasteiger partial charge is 0.294 e. The lowest BCUT2D eigenvalue weighted by atomic mass is 10.1. The van der Waals surface area contributed by atoms with Crippen LogP contribution in [0.3, 0.4) is 0 Å². The molecule has 144 valence electrons. The van der Waals surface area contributed by atoms with Gasteiger partial charge in [-0.3, -0.25) is 14.9 Å². The SMILES string of the molecule is O=C(NCc1cccnc1-n1cccn1)c1ccc(-n2ccnc2)c([N+](=O)[O-])c1. The summed E-state index contributed by atoms with van der Waals surface area (Å²) in [5, 5.41) is 18.4. The van der Waals surface area contributed by atoms with E-state index in [4.69, 9.17) is 0 Å². The maximum atomic E-state index is 12.6. The zero-order chi connectivity index (χ0) is 20.2. The molecule has 0 aliphatic rings. The molecule has 0 radical (unpaired) electrons. The van der Waals surface area contributed by atoms with E-state index in [-0.39, 0.29) is 17.8 Å². The van der Waals surface area contributed by atoms with Crippen molar-refractivity contribution in [2.75, 3.05) is 0 Å². The third-order valence-electron chi connectivity index (χ3n) is 4.25. The average Bonchev–Trinajstić information content (AvgIpc) is 3.46. The van der Waals surface area contributed by atoms with Crippen molar-refractivity contribution in [1.29, 1.82) is 0 Å². The van der Waals surface area contributed by atoms with E-state index in [0.29, 0.717) is 11.5 Å². The summed E-state index contributed by atoms with van der Waals surface area (Å²) in [6, 6.07) is 9.68. The zero-order valence-electron chi connectivity index (χ0n) is 15.0. The Morgan fingerprint density at radius 2 is 2.03 bits per heavy atom. The molecule has 10 heteroatoms. The number of carbonyl (C=O) groups is 1. The van der Waals surface area contributed by atoms with Crippen molar-refractivity contribution in [3.05, 3.63) is 95.0 Å². The van der Waals surface area contributed by atoms with E-state index in [0.717, 1.165) is 5.56 Å². The summed E-state index contributed by atoms with van der Waals surface area (Å²) in [4.78, 5) is 31.7. The van der Waals surface area contributed by atoms with Crippen molar-refractivity contribution in [1.82, 2.24) is 29.6 Å². The van der Waals surface area contributed by atoms with E-state index in [1.165, 1.54) is 35.3 Å². The first-order chi connectivity index (χ1) is 14.1. The number of imidazole rings is 1. The Morgan fingerprint density at radius 3 is 2.76 bits per heavy atom. The molecule has 0 aliphatic carbocycles. The number of benzene rings is 1. The molecule has 0 aliphatic heterocycles. The minimum Gasteiger partial charge on any atom is -0.348 e. The summed E-state index contributed by atoms with van der Waals surface area (Å²) in [7, 11) is 0. The molecule has 0 saturated carbocycles. The Morgan fingerprint density at radius 1 is 1.14 bits per heavy atom. The Kier molecular flexibility index (Phi) is 4.81. The largest absolute Gasteiger partial charge is 0.348 e. The van der Waals surface area contributed by atoms with Crippen molar-refractivity contribution >= 4 is 11.6 Å². The molecular formula is C19H15N7O3. The highest BCUT2D eigenvalue weighted by Crippen LogP contribution is 2.24. The number of hydrogen-bond acceptors (Lipinski definition) is 6. The summed E-state index contributed by atoms with van der Waals surface area (Å²) < 4.78 is 3.12. The van der Waals surface area contributed by atoms with E-state index in [9.17, 15) is 14.9 Å². The van der Waals surface area contributed by atoms with Crippen LogP contribution >= 0.6 is 0 Å². The summed E-state index contributed by atoms with van der Waals surface area (Å²) >= 11 is 0. The van der Waals surface area contributed by atoms with Gasteiger partial charge in [0, 0.05) is 54.7 Å². The number of nitrogens with one attached hydrogen (secondary N) is 1. The van der Waals surface area contributed by atoms with E-state index in [2.05, 4.69) is 20.4 Å². The van der Waals surface area contributed by atoms with Crippen LogP contribution in [0.2, 0.25) is 0 Å². The molecule has 1 aromatic carbocycles. The van der Waals surface area contributed by atoms with Gasteiger partial charge >= 0.3 is 0 Å². The number of nitro groups is 1. The fraction of sp³-hybridized carbons (Fsp3) is 0.0526. The highest BCUT2D eigenvalue weighted by Gasteiger charge is 2.19. The molecule has 0 spiro atoms. The van der Waals surface area contributed by atoms with Crippen molar-refractivity contribution in [3.8, 4) is 11.5 Å². The zero-order valence-corrected chi connectivity index (χ0v) is 15.0. The van der Waals surface area contributed by atoms with Gasteiger partial charge in [-0.1, -0.05) is 6.07 Å². The number of amides is 1. The Hall–Kier alpha value is -4.34. The number of aromatic nitrogens is 5. The lowest BCUT2D eigenvalue weighted by Crippen LogP contribution is -2.24. The van der Waals surface area contributed by atoms with Crippen LogP contribution in [0.1, 0.15) is 15.9 Å². The predicted molar refractivity (Wildman–Crippen MR) is 103 cm³/mol. The molecule has 4 aromatic rings. The first-order valence-electron chi connectivity index (χ1n) is 8.62. The minimum absolute atomic E-state index is 0.185. The van der Waals surface area contributed by atoms with Gasteiger partial charge in [0.25, 0.3) is 11.6 Å². The van der Waals surface area contributed by atoms with Gasteiger partial charge < -0.3 is 9.88 Å². The second-order valence-electron chi connectivity index (χ2n) is 6.05. The molecule has 0 saturated heterocycles. The van der Waals surface area contributed by atoms with Gasteiger partial charge in [-0.15, -0.1) is 0 Å². The molecule has 0 atom stereocenters. The number of pyridine rings is 1. The van der Waals surface area contributed by atoms with Crippen molar-refractivity contribution in [2.24, 2.45) is 0 Å². The first kappa shape index (κ1) is 18.0. The Labute approximate surface area is 164 Å². The topological polar surface area (TPSA) is 121 Å². The van der Waals surface area contributed by atoms with Gasteiger partial charge in [0.2, 0.25) is 0 Å². The maximum absolute atomic E-state index is 12.6. The molecule has 29 heavy (non-hydrogen) atoms. The Bertz CT molecular complexity index is 1150. The second kappa shape index (κ2) is 7.72. The molecular weight excluding hydrogens is 374 g/mol. The second-order valence-corrected chi connectivity index (χ2v) is 6.05. The van der Waals surface area contributed by atoms with E-state index < -0.39 is 10.8 Å². The van der Waals surface area contributed by atoms with Crippen LogP contribution in [0.25, 0.3) is 11.5 Å². The van der Waals surface area contributed by atoms with Gasteiger partial charge in [0.15, 0.2) is 5.82 Å². The van der Waals surface area contributed by atoms with E-state index >= 15 is 0 Å². The van der Waals surface area contributed by atoms with Crippen LogP contribution < -0.4 is 5.32 Å². The first-order valence-corrected chi connectivity index (χ1v) is 8.62. The van der Waals surface area contributed by atoms with Gasteiger partial charge in [0.05, 0.1) is 11.3 Å². The molecule has 0 bridgehead atoms. The normalized spacial score (nSPS) is 10.6. The fourth-order valence-electron chi connectivity index (χ4n) is 2.88. The molecule has 1 amide bonds. The average molecular weight is 389 g/mol. The van der Waals surface area contributed by atoms with Gasteiger partial charge in [-0.05, 0) is 24.3 Å². The molecule has 0 unspecified atom stereocenters. The Balaban J connectivity index is 1.56. The van der Waals surface area contributed by atoms with Gasteiger partial charge in [-0.25, -0.2) is 14.6 Å². The third-order valence-corrected chi connectivity index (χ3v) is 4.25. The van der Waals surface area contributed by atoms with E-state index in [1.54, 1.807) is 41.6 Å². The van der Waals surface area contributed by atoms with Crippen LogP contribution in [0.5, 0.6) is 0 Å². The molecule has 0 fully saturated rings. The lowest BCUT2D eigenvalue weighted by molar-refractivity contribution is -0.384. The molecule has 3 heterocycles. The summed E-state index contributed by atoms with van der Waals surface area (Å²) in [5.41, 5.74) is 1.09. The highest BCUT2D eigenvalue weighted by molar-refractivity contribution is 5.95. The van der Waals surface area contributed by atoms with E-state index in [1.807, 2.05) is 6.07 Å². The molecule has 10 nitrogen and oxygen atoms in total. The monoisotopic (exact) mass is 389 g/mol. The minimum atomic E-state index is -0.525. The number of hydrogen-bond donors (Lipinski definition) is 1. The molecule has 4 rings (SSSR count). The predicted octanol–water partition coefficient (Wildman–Crippen LogP) is 2.29. The number of nitrogens with zero attached hydrogens (tertiary/aromatic N) is 6. The van der Waals surface area contributed by atoms with Crippen LogP contribution in [0.4, 0.5) is 5.69 Å². The molecule has 3 aromatic heterocycles. The lowest BCUT2D eigenvalue weighted by Gasteiger charge is -2.10. The van der Waals surface area contributed by atoms with Crippen molar-refractivity contribution in [2.45, 2.75) is 6.54 Å². The van der Waals surface area contributed by atoms with Crippen LogP contribution in [-0.4, -0.2) is 35.1 Å². The fourth-order valence-corrected chi connectivity index (χ4v) is 2.88. The number of nitro benzene ring substituents is 1. The summed E-state index contributed by atoms with van der Waals surface area (Å²) in [6.45, 7) is 0.193. The molecule has 1 N–H and O–H groups in total. The van der Waals surface area contributed by atoms with Crippen LogP contribution in [0.15, 0.2) is 73.7 Å².